The van der Waals surface area contributed by atoms with Gasteiger partial charge in [-0.1, -0.05) is 24.3 Å². The van der Waals surface area contributed by atoms with Crippen LogP contribution in [0.5, 0.6) is 0 Å². The number of carbonyl (C=O) groups is 3. The van der Waals surface area contributed by atoms with Crippen molar-refractivity contribution in [2.75, 3.05) is 14.1 Å². The predicted molar refractivity (Wildman–Crippen MR) is 81.3 cm³/mol. The lowest BCUT2D eigenvalue weighted by Gasteiger charge is -2.21. The summed E-state index contributed by atoms with van der Waals surface area (Å²) in [6.07, 6.45) is 6.32. The predicted octanol–water partition coefficient (Wildman–Crippen LogP) is 2.39. The van der Waals surface area contributed by atoms with Crippen LogP contribution in [0.2, 0.25) is 0 Å². The first-order valence-electron chi connectivity index (χ1n) is 6.79. The molecule has 0 saturated carbocycles. The molecule has 2 aliphatic rings. The third kappa shape index (κ3) is 2.07. The highest BCUT2D eigenvalue weighted by Crippen LogP contribution is 2.30. The standard InChI is InChI=1S/C17H14N2O3/c1-18(2)17(22)19-9-7-11(8-10-19)14-15(20)12-5-3-4-6-13(12)16(14)21/h3-10H,1-2H3. The van der Waals surface area contributed by atoms with Crippen molar-refractivity contribution in [3.05, 3.63) is 71.1 Å². The largest absolute Gasteiger partial charge is 0.330 e. The first-order chi connectivity index (χ1) is 10.5. The van der Waals surface area contributed by atoms with Gasteiger partial charge in [0.1, 0.15) is 0 Å². The molecule has 0 radical (unpaired) electrons. The van der Waals surface area contributed by atoms with Crippen molar-refractivity contribution in [2.24, 2.45) is 0 Å². The zero-order valence-corrected chi connectivity index (χ0v) is 12.2. The van der Waals surface area contributed by atoms with E-state index in [2.05, 4.69) is 0 Å². The number of amides is 2. The molecule has 1 heterocycles. The number of benzene rings is 1. The summed E-state index contributed by atoms with van der Waals surface area (Å²) >= 11 is 0. The van der Waals surface area contributed by atoms with Crippen LogP contribution in [0.1, 0.15) is 20.7 Å². The van der Waals surface area contributed by atoms with Crippen LogP contribution in [0.25, 0.3) is 0 Å². The minimum atomic E-state index is -0.266. The Bertz CT molecular complexity index is 732. The monoisotopic (exact) mass is 294 g/mol. The average Bonchev–Trinajstić information content (AvgIpc) is 2.79. The molecule has 1 aromatic rings. The van der Waals surface area contributed by atoms with Gasteiger partial charge in [0.25, 0.3) is 0 Å². The maximum Gasteiger partial charge on any atom is 0.327 e. The Hall–Kier alpha value is -2.95. The summed E-state index contributed by atoms with van der Waals surface area (Å²) in [4.78, 5) is 39.5. The van der Waals surface area contributed by atoms with Crippen molar-refractivity contribution >= 4 is 17.6 Å². The summed E-state index contributed by atoms with van der Waals surface area (Å²) < 4.78 is 0. The Morgan fingerprint density at radius 2 is 1.45 bits per heavy atom. The van der Waals surface area contributed by atoms with E-state index >= 15 is 0 Å². The van der Waals surface area contributed by atoms with Crippen molar-refractivity contribution < 1.29 is 14.4 Å². The number of nitrogens with zero attached hydrogens (tertiary/aromatic N) is 2. The van der Waals surface area contributed by atoms with Gasteiger partial charge in [0, 0.05) is 37.6 Å². The summed E-state index contributed by atoms with van der Waals surface area (Å²) in [6, 6.07) is 6.58. The Labute approximate surface area is 127 Å². The van der Waals surface area contributed by atoms with E-state index in [4.69, 9.17) is 0 Å². The van der Waals surface area contributed by atoms with Crippen LogP contribution < -0.4 is 0 Å². The van der Waals surface area contributed by atoms with Crippen LogP contribution in [0.15, 0.2) is 60.0 Å². The third-order valence-corrected chi connectivity index (χ3v) is 3.59. The van der Waals surface area contributed by atoms with Crippen LogP contribution in [0, 0.1) is 0 Å². The first-order valence-corrected chi connectivity index (χ1v) is 6.79. The Kier molecular flexibility index (Phi) is 3.25. The number of carbonyl (C=O) groups excluding carboxylic acids is 3. The van der Waals surface area contributed by atoms with Gasteiger partial charge in [0.2, 0.25) is 0 Å². The molecule has 1 aliphatic carbocycles. The minimum Gasteiger partial charge on any atom is -0.330 e. The van der Waals surface area contributed by atoms with Gasteiger partial charge in [-0.3, -0.25) is 14.5 Å². The maximum atomic E-state index is 12.4. The van der Waals surface area contributed by atoms with Crippen molar-refractivity contribution in [2.45, 2.75) is 0 Å². The second-order valence-electron chi connectivity index (χ2n) is 5.25. The van der Waals surface area contributed by atoms with Gasteiger partial charge in [-0.15, -0.1) is 0 Å². The number of hydrogen-bond donors (Lipinski definition) is 0. The molecule has 0 N–H and O–H groups in total. The van der Waals surface area contributed by atoms with E-state index in [9.17, 15) is 14.4 Å². The summed E-state index contributed by atoms with van der Waals surface area (Å²) in [5, 5.41) is 0. The van der Waals surface area contributed by atoms with Gasteiger partial charge in [-0.2, -0.15) is 0 Å². The van der Waals surface area contributed by atoms with Gasteiger partial charge in [0.15, 0.2) is 11.6 Å². The van der Waals surface area contributed by atoms with E-state index in [1.54, 1.807) is 62.9 Å². The molecule has 3 rings (SSSR count). The molecule has 5 nitrogen and oxygen atoms in total. The molecule has 0 bridgehead atoms. The summed E-state index contributed by atoms with van der Waals surface area (Å²) in [7, 11) is 3.30. The fourth-order valence-electron chi connectivity index (χ4n) is 2.47. The molecule has 5 heteroatoms. The topological polar surface area (TPSA) is 57.7 Å². The normalized spacial score (nSPS) is 16.4. The van der Waals surface area contributed by atoms with Gasteiger partial charge >= 0.3 is 6.03 Å². The molecule has 0 aromatic heterocycles. The zero-order valence-electron chi connectivity index (χ0n) is 12.2. The lowest BCUT2D eigenvalue weighted by molar-refractivity contribution is 0.0988. The first kappa shape index (κ1) is 14.0. The molecule has 0 saturated heterocycles. The van der Waals surface area contributed by atoms with E-state index in [1.165, 1.54) is 9.80 Å². The Balaban J connectivity index is 1.97. The molecule has 110 valence electrons. The molecule has 0 unspecified atom stereocenters. The number of rotatable bonds is 0. The lowest BCUT2D eigenvalue weighted by Crippen LogP contribution is -2.32. The van der Waals surface area contributed by atoms with Gasteiger partial charge in [-0.05, 0) is 17.7 Å². The van der Waals surface area contributed by atoms with Crippen molar-refractivity contribution in [1.29, 1.82) is 0 Å². The molecular formula is C17H14N2O3. The molecule has 1 aliphatic heterocycles. The highest BCUT2D eigenvalue weighted by Gasteiger charge is 2.34. The number of allylic oxidation sites excluding steroid dienone is 4. The summed E-state index contributed by atoms with van der Waals surface area (Å²) in [6.45, 7) is 0. The van der Waals surface area contributed by atoms with Crippen molar-refractivity contribution in [3.8, 4) is 0 Å². The van der Waals surface area contributed by atoms with E-state index in [-0.39, 0.29) is 23.2 Å². The lowest BCUT2D eigenvalue weighted by atomic mass is 10.0. The number of hydrogen-bond acceptors (Lipinski definition) is 3. The second-order valence-corrected chi connectivity index (χ2v) is 5.25. The molecule has 2 amide bonds. The van der Waals surface area contributed by atoms with Gasteiger partial charge < -0.3 is 4.90 Å². The number of urea groups is 1. The Morgan fingerprint density at radius 1 is 0.955 bits per heavy atom. The van der Waals surface area contributed by atoms with E-state index in [0.717, 1.165) is 0 Å². The average molecular weight is 294 g/mol. The highest BCUT2D eigenvalue weighted by molar-refractivity contribution is 6.40. The SMILES string of the molecule is CN(C)C(=O)N1C=CC(=C2C(=O)c3ccccc3C2=O)C=C1. The number of fused-ring (bicyclic) bond motifs is 1. The zero-order chi connectivity index (χ0) is 15.9. The number of Topliss-reactive ketones (excluding diaryl/α,β-unsaturated/α-hetero) is 2. The maximum absolute atomic E-state index is 12.4. The van der Waals surface area contributed by atoms with Gasteiger partial charge in [-0.25, -0.2) is 4.79 Å². The molecule has 0 fully saturated rings. The minimum absolute atomic E-state index is 0.158. The molecular weight excluding hydrogens is 280 g/mol. The Morgan fingerprint density at radius 3 is 1.91 bits per heavy atom. The second kappa shape index (κ2) is 5.11. The quantitative estimate of drug-likeness (QED) is 0.545. The molecule has 0 spiro atoms. The fourth-order valence-corrected chi connectivity index (χ4v) is 2.47. The molecule has 22 heavy (non-hydrogen) atoms. The highest BCUT2D eigenvalue weighted by atomic mass is 16.2. The smallest absolute Gasteiger partial charge is 0.327 e. The van der Waals surface area contributed by atoms with Crippen LogP contribution >= 0.6 is 0 Å². The van der Waals surface area contributed by atoms with Gasteiger partial charge in [0.05, 0.1) is 5.57 Å². The summed E-state index contributed by atoms with van der Waals surface area (Å²) in [5.41, 5.74) is 1.55. The number of ketones is 2. The van der Waals surface area contributed by atoms with E-state index < -0.39 is 0 Å². The van der Waals surface area contributed by atoms with Crippen LogP contribution in [-0.4, -0.2) is 41.5 Å². The van der Waals surface area contributed by atoms with Crippen molar-refractivity contribution in [1.82, 2.24) is 9.80 Å². The fraction of sp³-hybridized carbons (Fsp3) is 0.118. The van der Waals surface area contributed by atoms with Crippen LogP contribution in [-0.2, 0) is 0 Å². The van der Waals surface area contributed by atoms with Crippen molar-refractivity contribution in [3.63, 3.8) is 0 Å². The summed E-state index contributed by atoms with van der Waals surface area (Å²) in [5.74, 6) is -0.533. The van der Waals surface area contributed by atoms with Crippen LogP contribution in [0.3, 0.4) is 0 Å². The molecule has 0 atom stereocenters. The van der Waals surface area contributed by atoms with E-state index in [0.29, 0.717) is 16.7 Å². The van der Waals surface area contributed by atoms with E-state index in [1.807, 2.05) is 0 Å². The molecule has 1 aromatic carbocycles. The third-order valence-electron chi connectivity index (χ3n) is 3.59. The van der Waals surface area contributed by atoms with Crippen LogP contribution in [0.4, 0.5) is 4.79 Å².